The van der Waals surface area contributed by atoms with E-state index in [0.29, 0.717) is 11.3 Å². The van der Waals surface area contributed by atoms with Crippen molar-refractivity contribution in [1.82, 2.24) is 0 Å². The topological polar surface area (TPSA) is 79.5 Å². The molecule has 1 atom stereocenters. The summed E-state index contributed by atoms with van der Waals surface area (Å²) in [5, 5.41) is 13.4. The van der Waals surface area contributed by atoms with Gasteiger partial charge in [-0.05, 0) is 36.8 Å². The van der Waals surface area contributed by atoms with Gasteiger partial charge in [0, 0.05) is 10.0 Å². The Morgan fingerprint density at radius 3 is 2.90 bits per heavy atom. The van der Waals surface area contributed by atoms with E-state index < -0.39 is 17.3 Å². The molecular weight excluding hydrogens is 338 g/mol. The van der Waals surface area contributed by atoms with Crippen LogP contribution in [0.1, 0.15) is 28.1 Å². The molecule has 0 radical (unpaired) electrons. The van der Waals surface area contributed by atoms with E-state index in [1.54, 1.807) is 12.1 Å². The van der Waals surface area contributed by atoms with Gasteiger partial charge in [0.15, 0.2) is 11.4 Å². The highest BCUT2D eigenvalue weighted by Crippen LogP contribution is 2.42. The van der Waals surface area contributed by atoms with E-state index in [2.05, 4.69) is 21.2 Å². The standard InChI is InChI=1S/C15H12BrNO4/c1-8-5-9(16)6-10-13(8)17-14(19)15(10,20)7-11(18)12-3-2-4-21-12/h2-6,20H,7H2,1H3,(H,17,19)/t15-/m1/s1. The monoisotopic (exact) mass is 349 g/mol. The molecular formula is C15H12BrNO4. The first kappa shape index (κ1) is 14.0. The molecule has 0 unspecified atom stereocenters. The van der Waals surface area contributed by atoms with Crippen LogP contribution in [0.4, 0.5) is 5.69 Å². The van der Waals surface area contributed by atoms with Crippen LogP contribution in [-0.4, -0.2) is 16.8 Å². The van der Waals surface area contributed by atoms with Crippen molar-refractivity contribution in [1.29, 1.82) is 0 Å². The highest BCUT2D eigenvalue weighted by molar-refractivity contribution is 9.10. The summed E-state index contributed by atoms with van der Waals surface area (Å²) in [4.78, 5) is 24.3. The molecule has 1 aliphatic rings. The highest BCUT2D eigenvalue weighted by atomic mass is 79.9. The van der Waals surface area contributed by atoms with Crippen molar-refractivity contribution >= 4 is 33.3 Å². The van der Waals surface area contributed by atoms with Crippen LogP contribution in [0.5, 0.6) is 0 Å². The van der Waals surface area contributed by atoms with Crippen molar-refractivity contribution in [3.05, 3.63) is 51.9 Å². The number of carbonyl (C=O) groups is 2. The molecule has 0 aliphatic carbocycles. The zero-order valence-electron chi connectivity index (χ0n) is 11.1. The molecule has 1 amide bonds. The summed E-state index contributed by atoms with van der Waals surface area (Å²) in [6, 6.07) is 6.57. The molecule has 108 valence electrons. The Bertz CT molecular complexity index is 738. The first-order chi connectivity index (χ1) is 9.91. The lowest BCUT2D eigenvalue weighted by Gasteiger charge is -2.19. The average Bonchev–Trinajstić information content (AvgIpc) is 3.01. The van der Waals surface area contributed by atoms with Gasteiger partial charge in [-0.3, -0.25) is 9.59 Å². The average molecular weight is 350 g/mol. The van der Waals surface area contributed by atoms with Crippen LogP contribution in [0, 0.1) is 6.92 Å². The number of ketones is 1. The summed E-state index contributed by atoms with van der Waals surface area (Å²) < 4.78 is 5.75. The van der Waals surface area contributed by atoms with Gasteiger partial charge in [-0.1, -0.05) is 15.9 Å². The molecule has 1 aliphatic heterocycles. The lowest BCUT2D eigenvalue weighted by molar-refractivity contribution is -0.133. The van der Waals surface area contributed by atoms with Gasteiger partial charge in [-0.2, -0.15) is 0 Å². The predicted octanol–water partition coefficient (Wildman–Crippen LogP) is 2.76. The third-order valence-electron chi connectivity index (χ3n) is 3.57. The van der Waals surface area contributed by atoms with Crippen LogP contribution in [0.25, 0.3) is 0 Å². The number of benzene rings is 1. The number of fused-ring (bicyclic) bond motifs is 1. The maximum absolute atomic E-state index is 12.2. The number of aryl methyl sites for hydroxylation is 1. The Hall–Kier alpha value is -1.92. The van der Waals surface area contributed by atoms with E-state index in [9.17, 15) is 14.7 Å². The number of hydrogen-bond donors (Lipinski definition) is 2. The first-order valence-corrected chi connectivity index (χ1v) is 7.12. The number of amides is 1. The fraction of sp³-hybridized carbons (Fsp3) is 0.200. The second-order valence-corrected chi connectivity index (χ2v) is 5.95. The van der Waals surface area contributed by atoms with Gasteiger partial charge in [0.2, 0.25) is 5.78 Å². The first-order valence-electron chi connectivity index (χ1n) is 6.33. The molecule has 0 saturated heterocycles. The van der Waals surface area contributed by atoms with Crippen molar-refractivity contribution in [3.8, 4) is 0 Å². The second kappa shape index (κ2) is 4.82. The summed E-state index contributed by atoms with van der Waals surface area (Å²) in [5.74, 6) is -0.905. The molecule has 2 heterocycles. The molecule has 1 aromatic heterocycles. The van der Waals surface area contributed by atoms with Crippen molar-refractivity contribution in [2.45, 2.75) is 18.9 Å². The Kier molecular flexibility index (Phi) is 3.22. The maximum atomic E-state index is 12.2. The van der Waals surface area contributed by atoms with Gasteiger partial charge in [-0.15, -0.1) is 0 Å². The quantitative estimate of drug-likeness (QED) is 0.835. The second-order valence-electron chi connectivity index (χ2n) is 5.04. The smallest absolute Gasteiger partial charge is 0.261 e. The van der Waals surface area contributed by atoms with Gasteiger partial charge in [-0.25, -0.2) is 0 Å². The molecule has 6 heteroatoms. The lowest BCUT2D eigenvalue weighted by atomic mass is 9.88. The number of aliphatic hydroxyl groups is 1. The zero-order chi connectivity index (χ0) is 15.2. The summed E-state index contributed by atoms with van der Waals surface area (Å²) in [6.07, 6.45) is 1.01. The van der Waals surface area contributed by atoms with E-state index in [0.717, 1.165) is 10.0 Å². The van der Waals surface area contributed by atoms with E-state index in [1.807, 2.05) is 13.0 Å². The Morgan fingerprint density at radius 2 is 2.24 bits per heavy atom. The zero-order valence-corrected chi connectivity index (χ0v) is 12.7. The van der Waals surface area contributed by atoms with Crippen LogP contribution in [-0.2, 0) is 10.4 Å². The predicted molar refractivity (Wildman–Crippen MR) is 79.1 cm³/mol. The van der Waals surface area contributed by atoms with E-state index in [-0.39, 0.29) is 12.2 Å². The van der Waals surface area contributed by atoms with E-state index in [4.69, 9.17) is 4.42 Å². The number of Topliss-reactive ketones (excluding diaryl/α,β-unsaturated/α-hetero) is 1. The van der Waals surface area contributed by atoms with Crippen LogP contribution in [0.2, 0.25) is 0 Å². The van der Waals surface area contributed by atoms with Crippen LogP contribution in [0.15, 0.2) is 39.4 Å². The summed E-state index contributed by atoms with van der Waals surface area (Å²) in [7, 11) is 0. The minimum absolute atomic E-state index is 0.122. The van der Waals surface area contributed by atoms with Crippen molar-refractivity contribution < 1.29 is 19.1 Å². The van der Waals surface area contributed by atoms with Gasteiger partial charge < -0.3 is 14.8 Å². The third-order valence-corrected chi connectivity index (χ3v) is 4.03. The molecule has 3 rings (SSSR count). The van der Waals surface area contributed by atoms with Crippen LogP contribution >= 0.6 is 15.9 Å². The Balaban J connectivity index is 2.02. The largest absolute Gasteiger partial charge is 0.461 e. The minimum atomic E-state index is -1.88. The molecule has 5 nitrogen and oxygen atoms in total. The molecule has 0 bridgehead atoms. The van der Waals surface area contributed by atoms with Crippen molar-refractivity contribution in [2.75, 3.05) is 5.32 Å². The molecule has 0 spiro atoms. The molecule has 1 aromatic carbocycles. The number of halogens is 1. The fourth-order valence-electron chi connectivity index (χ4n) is 2.51. The van der Waals surface area contributed by atoms with Crippen molar-refractivity contribution in [2.24, 2.45) is 0 Å². The number of nitrogens with one attached hydrogen (secondary N) is 1. The molecule has 0 saturated carbocycles. The molecule has 21 heavy (non-hydrogen) atoms. The van der Waals surface area contributed by atoms with Gasteiger partial charge >= 0.3 is 0 Å². The van der Waals surface area contributed by atoms with Gasteiger partial charge in [0.25, 0.3) is 5.91 Å². The highest BCUT2D eigenvalue weighted by Gasteiger charge is 2.47. The minimum Gasteiger partial charge on any atom is -0.461 e. The van der Waals surface area contributed by atoms with Gasteiger partial charge in [0.1, 0.15) is 0 Å². The number of rotatable bonds is 3. The summed E-state index contributed by atoms with van der Waals surface area (Å²) >= 11 is 3.34. The Labute approximate surface area is 129 Å². The summed E-state index contributed by atoms with van der Waals surface area (Å²) in [5.41, 5.74) is -0.111. The lowest BCUT2D eigenvalue weighted by Crippen LogP contribution is -2.36. The maximum Gasteiger partial charge on any atom is 0.261 e. The number of hydrogen-bond acceptors (Lipinski definition) is 4. The van der Waals surface area contributed by atoms with E-state index in [1.165, 1.54) is 12.3 Å². The normalized spacial score (nSPS) is 20.2. The third kappa shape index (κ3) is 2.20. The SMILES string of the molecule is Cc1cc(Br)cc2c1NC(=O)[C@@]2(O)CC(=O)c1ccco1. The number of anilines is 1. The number of carbonyl (C=O) groups excluding carboxylic acids is 2. The van der Waals surface area contributed by atoms with Crippen LogP contribution < -0.4 is 5.32 Å². The molecule has 2 aromatic rings. The van der Waals surface area contributed by atoms with Gasteiger partial charge in [0.05, 0.1) is 18.4 Å². The fourth-order valence-corrected chi connectivity index (χ4v) is 3.08. The molecule has 0 fully saturated rings. The summed E-state index contributed by atoms with van der Waals surface area (Å²) in [6.45, 7) is 1.82. The number of furan rings is 1. The van der Waals surface area contributed by atoms with Crippen LogP contribution in [0.3, 0.4) is 0 Å². The van der Waals surface area contributed by atoms with E-state index >= 15 is 0 Å². The Morgan fingerprint density at radius 1 is 1.48 bits per heavy atom. The molecule has 2 N–H and O–H groups in total. The van der Waals surface area contributed by atoms with Crippen molar-refractivity contribution in [3.63, 3.8) is 0 Å².